The first-order chi connectivity index (χ1) is 10.1. The zero-order chi connectivity index (χ0) is 15.3. The fourth-order valence-corrected chi connectivity index (χ4v) is 3.02. The first-order valence-electron chi connectivity index (χ1n) is 7.70. The number of anilines is 1. The summed E-state index contributed by atoms with van der Waals surface area (Å²) in [6.07, 6.45) is 3.87. The van der Waals surface area contributed by atoms with Crippen molar-refractivity contribution in [3.8, 4) is 0 Å². The van der Waals surface area contributed by atoms with Gasteiger partial charge in [-0.15, -0.1) is 0 Å². The van der Waals surface area contributed by atoms with Crippen LogP contribution in [0.2, 0.25) is 0 Å². The summed E-state index contributed by atoms with van der Waals surface area (Å²) in [5.74, 6) is 0.124. The van der Waals surface area contributed by atoms with Crippen molar-refractivity contribution in [2.45, 2.75) is 39.5 Å². The van der Waals surface area contributed by atoms with E-state index < -0.39 is 0 Å². The van der Waals surface area contributed by atoms with E-state index in [1.165, 1.54) is 6.92 Å². The van der Waals surface area contributed by atoms with Crippen LogP contribution in [0.15, 0.2) is 24.3 Å². The van der Waals surface area contributed by atoms with Crippen molar-refractivity contribution < 1.29 is 9.59 Å². The number of piperidine rings is 1. The molecule has 0 radical (unpaired) electrons. The Morgan fingerprint density at radius 3 is 2.52 bits per heavy atom. The molecule has 1 atom stereocenters. The number of amides is 1. The van der Waals surface area contributed by atoms with Crippen molar-refractivity contribution in [1.29, 1.82) is 0 Å². The number of ketones is 1. The fourth-order valence-electron chi connectivity index (χ4n) is 3.02. The molecule has 2 rings (SSSR count). The first kappa shape index (κ1) is 15.7. The molecule has 4 nitrogen and oxygen atoms in total. The molecule has 0 bridgehead atoms. The van der Waals surface area contributed by atoms with Crippen LogP contribution in [0.3, 0.4) is 0 Å². The highest BCUT2D eigenvalue weighted by molar-refractivity contribution is 5.97. The third-order valence-corrected chi connectivity index (χ3v) is 4.23. The molecular weight excluding hydrogens is 264 g/mol. The van der Waals surface area contributed by atoms with Gasteiger partial charge >= 0.3 is 0 Å². The normalized spacial score (nSPS) is 21.8. The molecule has 1 unspecified atom stereocenters. The van der Waals surface area contributed by atoms with Crippen LogP contribution in [0.1, 0.15) is 49.9 Å². The summed E-state index contributed by atoms with van der Waals surface area (Å²) in [6, 6.07) is 7.10. The smallest absolute Gasteiger partial charge is 0.231 e. The van der Waals surface area contributed by atoms with Crippen LogP contribution in [-0.4, -0.2) is 24.8 Å². The molecule has 1 aliphatic rings. The monoisotopic (exact) mass is 288 g/mol. The Bertz CT molecular complexity index is 497. The van der Waals surface area contributed by atoms with Crippen molar-refractivity contribution in [2.75, 3.05) is 18.4 Å². The van der Waals surface area contributed by atoms with Gasteiger partial charge in [-0.1, -0.05) is 13.3 Å². The van der Waals surface area contributed by atoms with Crippen molar-refractivity contribution in [1.82, 2.24) is 5.32 Å². The van der Waals surface area contributed by atoms with Crippen LogP contribution in [0, 0.1) is 5.41 Å². The molecule has 114 valence electrons. The molecule has 4 heteroatoms. The first-order valence-corrected chi connectivity index (χ1v) is 7.70. The Morgan fingerprint density at radius 1 is 1.29 bits per heavy atom. The minimum absolute atomic E-state index is 0.0341. The number of rotatable bonds is 5. The molecule has 1 saturated heterocycles. The maximum Gasteiger partial charge on any atom is 0.231 e. The maximum absolute atomic E-state index is 12.7. The number of hydrogen-bond donors (Lipinski definition) is 2. The summed E-state index contributed by atoms with van der Waals surface area (Å²) in [4.78, 5) is 23.9. The number of carbonyl (C=O) groups is 2. The van der Waals surface area contributed by atoms with E-state index in [9.17, 15) is 9.59 Å². The quantitative estimate of drug-likeness (QED) is 0.819. The minimum Gasteiger partial charge on any atom is -0.326 e. The topological polar surface area (TPSA) is 58.2 Å². The summed E-state index contributed by atoms with van der Waals surface area (Å²) < 4.78 is 0. The highest BCUT2D eigenvalue weighted by Gasteiger charge is 2.38. The van der Waals surface area contributed by atoms with Crippen LogP contribution in [0.4, 0.5) is 5.69 Å². The van der Waals surface area contributed by atoms with Gasteiger partial charge in [-0.2, -0.15) is 0 Å². The Morgan fingerprint density at radius 2 is 2.00 bits per heavy atom. The van der Waals surface area contributed by atoms with Crippen LogP contribution in [-0.2, 0) is 4.79 Å². The molecule has 1 aromatic rings. The molecule has 0 spiro atoms. The van der Waals surface area contributed by atoms with Crippen molar-refractivity contribution in [3.05, 3.63) is 29.8 Å². The Labute approximate surface area is 126 Å². The third kappa shape index (κ3) is 3.70. The van der Waals surface area contributed by atoms with Gasteiger partial charge in [-0.3, -0.25) is 9.59 Å². The average Bonchev–Trinajstić information content (AvgIpc) is 2.49. The SMILES string of the molecule is CCCC1(C(=O)Nc2ccc(C(C)=O)cc2)CCCNC1. The van der Waals surface area contributed by atoms with E-state index in [1.807, 2.05) is 0 Å². The van der Waals surface area contributed by atoms with Gasteiger partial charge in [0.15, 0.2) is 5.78 Å². The minimum atomic E-state index is -0.299. The Balaban J connectivity index is 2.09. The predicted molar refractivity (Wildman–Crippen MR) is 84.5 cm³/mol. The predicted octanol–water partition coefficient (Wildman–Crippen LogP) is 3.00. The second-order valence-electron chi connectivity index (χ2n) is 5.90. The number of benzene rings is 1. The van der Waals surface area contributed by atoms with Crippen molar-refractivity contribution in [3.63, 3.8) is 0 Å². The molecular formula is C17H24N2O2. The van der Waals surface area contributed by atoms with Crippen molar-refractivity contribution in [2.24, 2.45) is 5.41 Å². The zero-order valence-electron chi connectivity index (χ0n) is 12.9. The fraction of sp³-hybridized carbons (Fsp3) is 0.529. The molecule has 0 aliphatic carbocycles. The third-order valence-electron chi connectivity index (χ3n) is 4.23. The number of carbonyl (C=O) groups excluding carboxylic acids is 2. The lowest BCUT2D eigenvalue weighted by Gasteiger charge is -2.36. The molecule has 1 aliphatic heterocycles. The zero-order valence-corrected chi connectivity index (χ0v) is 12.9. The summed E-state index contributed by atoms with van der Waals surface area (Å²) >= 11 is 0. The Hall–Kier alpha value is -1.68. The van der Waals surface area contributed by atoms with E-state index in [0.29, 0.717) is 5.56 Å². The van der Waals surface area contributed by atoms with Gasteiger partial charge < -0.3 is 10.6 Å². The highest BCUT2D eigenvalue weighted by atomic mass is 16.2. The second kappa shape index (κ2) is 6.85. The van der Waals surface area contributed by atoms with Gasteiger partial charge in [0, 0.05) is 17.8 Å². The molecule has 0 saturated carbocycles. The Kier molecular flexibility index (Phi) is 5.12. The van der Waals surface area contributed by atoms with E-state index in [-0.39, 0.29) is 17.1 Å². The molecule has 2 N–H and O–H groups in total. The molecule has 1 amide bonds. The lowest BCUT2D eigenvalue weighted by Crippen LogP contribution is -2.48. The standard InChI is InChI=1S/C17H24N2O2/c1-3-9-17(10-4-11-18-12-17)16(21)19-15-7-5-14(6-8-15)13(2)20/h5-8,18H,3-4,9-12H2,1-2H3,(H,19,21). The largest absolute Gasteiger partial charge is 0.326 e. The van der Waals surface area contributed by atoms with Gasteiger partial charge in [-0.05, 0) is 57.0 Å². The number of hydrogen-bond acceptors (Lipinski definition) is 3. The van der Waals surface area contributed by atoms with E-state index >= 15 is 0 Å². The van der Waals surface area contributed by atoms with E-state index in [4.69, 9.17) is 0 Å². The van der Waals surface area contributed by atoms with Gasteiger partial charge in [0.2, 0.25) is 5.91 Å². The highest BCUT2D eigenvalue weighted by Crippen LogP contribution is 2.33. The maximum atomic E-state index is 12.7. The van der Waals surface area contributed by atoms with Gasteiger partial charge in [0.05, 0.1) is 5.41 Å². The number of nitrogens with one attached hydrogen (secondary N) is 2. The molecule has 0 aromatic heterocycles. The molecule has 1 heterocycles. The lowest BCUT2D eigenvalue weighted by molar-refractivity contribution is -0.127. The lowest BCUT2D eigenvalue weighted by atomic mass is 9.76. The molecule has 21 heavy (non-hydrogen) atoms. The van der Waals surface area contributed by atoms with Crippen LogP contribution >= 0.6 is 0 Å². The van der Waals surface area contributed by atoms with E-state index in [0.717, 1.165) is 44.5 Å². The number of Topliss-reactive ketones (excluding diaryl/α,β-unsaturated/α-hetero) is 1. The van der Waals surface area contributed by atoms with E-state index in [2.05, 4.69) is 17.6 Å². The van der Waals surface area contributed by atoms with Crippen molar-refractivity contribution >= 4 is 17.4 Å². The second-order valence-corrected chi connectivity index (χ2v) is 5.90. The summed E-state index contributed by atoms with van der Waals surface area (Å²) in [5, 5.41) is 6.36. The summed E-state index contributed by atoms with van der Waals surface area (Å²) in [5.41, 5.74) is 1.12. The molecule has 1 fully saturated rings. The van der Waals surface area contributed by atoms with Gasteiger partial charge in [0.1, 0.15) is 0 Å². The summed E-state index contributed by atoms with van der Waals surface area (Å²) in [6.45, 7) is 5.40. The molecule has 1 aromatic carbocycles. The van der Waals surface area contributed by atoms with Gasteiger partial charge in [0.25, 0.3) is 0 Å². The van der Waals surface area contributed by atoms with Crippen LogP contribution < -0.4 is 10.6 Å². The van der Waals surface area contributed by atoms with Crippen LogP contribution in [0.25, 0.3) is 0 Å². The van der Waals surface area contributed by atoms with E-state index in [1.54, 1.807) is 24.3 Å². The average molecular weight is 288 g/mol. The van der Waals surface area contributed by atoms with Gasteiger partial charge in [-0.25, -0.2) is 0 Å². The summed E-state index contributed by atoms with van der Waals surface area (Å²) in [7, 11) is 0. The van der Waals surface area contributed by atoms with Crippen LogP contribution in [0.5, 0.6) is 0 Å².